The Morgan fingerprint density at radius 1 is 1.05 bits per heavy atom. The van der Waals surface area contributed by atoms with Crippen molar-refractivity contribution in [2.75, 3.05) is 0 Å². The fourth-order valence-electron chi connectivity index (χ4n) is 2.93. The molecule has 0 bridgehead atoms. The van der Waals surface area contributed by atoms with Crippen molar-refractivity contribution in [1.82, 2.24) is 9.38 Å². The van der Waals surface area contributed by atoms with Crippen molar-refractivity contribution in [1.29, 1.82) is 0 Å². The molecular formula is C18H14N2O. The summed E-state index contributed by atoms with van der Waals surface area (Å²) in [5, 5.41) is 2.11. The number of pyridine rings is 2. The van der Waals surface area contributed by atoms with Crippen LogP contribution in [0.5, 0.6) is 0 Å². The summed E-state index contributed by atoms with van der Waals surface area (Å²) in [7, 11) is 0. The molecule has 0 aliphatic rings. The molecular weight excluding hydrogens is 260 g/mol. The van der Waals surface area contributed by atoms with E-state index < -0.39 is 0 Å². The fraction of sp³-hybridized carbons (Fsp3) is 0.111. The van der Waals surface area contributed by atoms with Gasteiger partial charge in [-0.2, -0.15) is 0 Å². The summed E-state index contributed by atoms with van der Waals surface area (Å²) in [6.45, 7) is 1.90. The Morgan fingerprint density at radius 2 is 1.86 bits per heavy atom. The van der Waals surface area contributed by atoms with Crippen LogP contribution < -0.4 is 0 Å². The van der Waals surface area contributed by atoms with E-state index in [4.69, 9.17) is 0 Å². The number of hydrogen-bond acceptors (Lipinski definition) is 2. The summed E-state index contributed by atoms with van der Waals surface area (Å²) in [5.41, 5.74) is 3.69. The maximum absolute atomic E-state index is 12.3. The highest BCUT2D eigenvalue weighted by molar-refractivity contribution is 6.08. The molecule has 0 N–H and O–H groups in total. The third kappa shape index (κ3) is 1.67. The van der Waals surface area contributed by atoms with Gasteiger partial charge in [-0.3, -0.25) is 9.20 Å². The summed E-state index contributed by atoms with van der Waals surface area (Å²) >= 11 is 0. The zero-order chi connectivity index (χ0) is 14.4. The number of nitrogens with zero attached hydrogens (tertiary/aromatic N) is 2. The zero-order valence-corrected chi connectivity index (χ0v) is 11.7. The van der Waals surface area contributed by atoms with Crippen molar-refractivity contribution >= 4 is 33.2 Å². The molecule has 102 valence electrons. The summed E-state index contributed by atoms with van der Waals surface area (Å²) in [5.74, 6) is 0.161. The highest BCUT2D eigenvalue weighted by atomic mass is 16.1. The zero-order valence-electron chi connectivity index (χ0n) is 11.7. The number of ketones is 1. The fourth-order valence-corrected chi connectivity index (χ4v) is 2.93. The number of fused-ring (bicyclic) bond motifs is 5. The first-order valence-corrected chi connectivity index (χ1v) is 7.10. The van der Waals surface area contributed by atoms with Gasteiger partial charge in [0.2, 0.25) is 0 Å². The lowest BCUT2D eigenvalue weighted by Crippen LogP contribution is -2.01. The molecule has 0 saturated carbocycles. The number of rotatable bonds is 2. The summed E-state index contributed by atoms with van der Waals surface area (Å²) in [4.78, 5) is 16.8. The van der Waals surface area contributed by atoms with Crippen LogP contribution in [0.2, 0.25) is 0 Å². The first kappa shape index (κ1) is 12.1. The van der Waals surface area contributed by atoms with Crippen LogP contribution in [0.1, 0.15) is 23.7 Å². The molecule has 3 heteroatoms. The van der Waals surface area contributed by atoms with Crippen molar-refractivity contribution in [2.45, 2.75) is 13.3 Å². The number of para-hydroxylation sites is 1. The van der Waals surface area contributed by atoms with Gasteiger partial charge in [-0.15, -0.1) is 0 Å². The summed E-state index contributed by atoms with van der Waals surface area (Å²) in [6.07, 6.45) is 2.29. The molecule has 3 heterocycles. The first-order chi connectivity index (χ1) is 10.3. The predicted octanol–water partition coefficient (Wildman–Crippen LogP) is 4.23. The van der Waals surface area contributed by atoms with E-state index in [9.17, 15) is 4.79 Å². The van der Waals surface area contributed by atoms with Crippen molar-refractivity contribution in [2.24, 2.45) is 0 Å². The Morgan fingerprint density at radius 3 is 2.71 bits per heavy atom. The molecule has 0 fully saturated rings. The van der Waals surface area contributed by atoms with E-state index in [-0.39, 0.29) is 5.78 Å². The number of benzene rings is 1. The van der Waals surface area contributed by atoms with Crippen LogP contribution in [0.15, 0.2) is 54.7 Å². The van der Waals surface area contributed by atoms with Gasteiger partial charge in [0.1, 0.15) is 5.65 Å². The molecule has 1 aromatic carbocycles. The third-order valence-corrected chi connectivity index (χ3v) is 3.94. The normalized spacial score (nSPS) is 11.5. The quantitative estimate of drug-likeness (QED) is 0.512. The van der Waals surface area contributed by atoms with Gasteiger partial charge >= 0.3 is 0 Å². The molecule has 21 heavy (non-hydrogen) atoms. The van der Waals surface area contributed by atoms with Gasteiger partial charge in [0.15, 0.2) is 5.78 Å². The van der Waals surface area contributed by atoms with E-state index >= 15 is 0 Å². The number of Topliss-reactive ketones (excluding diaryl/α,β-unsaturated/α-hetero) is 1. The Labute approximate surface area is 121 Å². The topological polar surface area (TPSA) is 34.4 Å². The molecule has 0 aliphatic heterocycles. The van der Waals surface area contributed by atoms with Crippen LogP contribution in [0.4, 0.5) is 0 Å². The van der Waals surface area contributed by atoms with Crippen molar-refractivity contribution in [3.8, 4) is 0 Å². The Bertz CT molecular complexity index is 998. The minimum absolute atomic E-state index is 0.161. The molecule has 4 rings (SSSR count). The van der Waals surface area contributed by atoms with E-state index in [1.807, 2.05) is 43.3 Å². The highest BCUT2D eigenvalue weighted by Crippen LogP contribution is 2.28. The maximum Gasteiger partial charge on any atom is 0.164 e. The molecule has 0 spiro atoms. The van der Waals surface area contributed by atoms with Crippen molar-refractivity contribution in [3.63, 3.8) is 0 Å². The Balaban J connectivity index is 2.30. The second-order valence-corrected chi connectivity index (χ2v) is 5.17. The number of hydrogen-bond donors (Lipinski definition) is 0. The molecule has 0 unspecified atom stereocenters. The Kier molecular flexibility index (Phi) is 2.54. The van der Waals surface area contributed by atoms with Crippen LogP contribution in [-0.4, -0.2) is 15.2 Å². The lowest BCUT2D eigenvalue weighted by atomic mass is 10.1. The molecule has 3 aromatic heterocycles. The number of carbonyl (C=O) groups excluding carboxylic acids is 1. The summed E-state index contributed by atoms with van der Waals surface area (Å²) < 4.78 is 2.09. The van der Waals surface area contributed by atoms with E-state index in [1.165, 1.54) is 0 Å². The molecule has 0 aliphatic carbocycles. The number of carbonyl (C=O) groups is 1. The van der Waals surface area contributed by atoms with E-state index in [1.54, 1.807) is 6.20 Å². The first-order valence-electron chi connectivity index (χ1n) is 7.10. The molecule has 3 nitrogen and oxygen atoms in total. The second kappa shape index (κ2) is 4.42. The molecule has 0 saturated heterocycles. The van der Waals surface area contributed by atoms with Gasteiger partial charge in [0.25, 0.3) is 0 Å². The molecule has 0 amide bonds. The van der Waals surface area contributed by atoms with E-state index in [0.717, 1.165) is 33.0 Å². The van der Waals surface area contributed by atoms with Gasteiger partial charge in [-0.1, -0.05) is 25.1 Å². The van der Waals surface area contributed by atoms with Gasteiger partial charge in [0.05, 0.1) is 11.0 Å². The predicted molar refractivity (Wildman–Crippen MR) is 84.8 cm³/mol. The van der Waals surface area contributed by atoms with Gasteiger partial charge < -0.3 is 0 Å². The van der Waals surface area contributed by atoms with Crippen molar-refractivity contribution in [3.05, 3.63) is 60.3 Å². The summed E-state index contributed by atoms with van der Waals surface area (Å²) in [6, 6.07) is 16.1. The van der Waals surface area contributed by atoms with E-state index in [2.05, 4.69) is 21.5 Å². The minimum Gasteiger partial charge on any atom is -0.294 e. The second-order valence-electron chi connectivity index (χ2n) is 5.17. The SMILES string of the molecule is CCC(=O)c1cc2ccccc2n2c1cc1cccnc12. The molecule has 0 atom stereocenters. The van der Waals surface area contributed by atoms with E-state index in [0.29, 0.717) is 6.42 Å². The minimum atomic E-state index is 0.161. The maximum atomic E-state index is 12.3. The molecule has 4 aromatic rings. The monoisotopic (exact) mass is 274 g/mol. The standard InChI is InChI=1S/C18H14N2O/c1-2-17(21)14-10-12-6-3-4-8-15(12)20-16(14)11-13-7-5-9-19-18(13)20/h3-11H,2H2,1H3. The smallest absolute Gasteiger partial charge is 0.164 e. The number of aromatic nitrogens is 2. The van der Waals surface area contributed by atoms with Gasteiger partial charge in [-0.25, -0.2) is 4.98 Å². The highest BCUT2D eigenvalue weighted by Gasteiger charge is 2.15. The Hall–Kier alpha value is -2.68. The van der Waals surface area contributed by atoms with Crippen LogP contribution in [0, 0.1) is 0 Å². The average Bonchev–Trinajstić information content (AvgIpc) is 2.93. The average molecular weight is 274 g/mol. The van der Waals surface area contributed by atoms with Crippen LogP contribution in [0.3, 0.4) is 0 Å². The van der Waals surface area contributed by atoms with Crippen LogP contribution in [-0.2, 0) is 0 Å². The van der Waals surface area contributed by atoms with Gasteiger partial charge in [0, 0.05) is 23.6 Å². The largest absolute Gasteiger partial charge is 0.294 e. The molecule has 0 radical (unpaired) electrons. The third-order valence-electron chi connectivity index (χ3n) is 3.94. The van der Waals surface area contributed by atoms with Crippen molar-refractivity contribution < 1.29 is 4.79 Å². The van der Waals surface area contributed by atoms with Crippen LogP contribution >= 0.6 is 0 Å². The lowest BCUT2D eigenvalue weighted by Gasteiger charge is -2.08. The lowest BCUT2D eigenvalue weighted by molar-refractivity contribution is 0.0989. The van der Waals surface area contributed by atoms with Gasteiger partial charge in [-0.05, 0) is 35.7 Å². The van der Waals surface area contributed by atoms with Crippen LogP contribution in [0.25, 0.3) is 27.5 Å².